The van der Waals surface area contributed by atoms with Crippen LogP contribution < -0.4 is 5.73 Å². The minimum Gasteiger partial charge on any atom is -0.480 e. The minimum absolute atomic E-state index is 0.0947. The van der Waals surface area contributed by atoms with Crippen LogP contribution in [0.15, 0.2) is 24.3 Å². The predicted octanol–water partition coefficient (Wildman–Crippen LogP) is 0.133. The van der Waals surface area contributed by atoms with Crippen molar-refractivity contribution in [1.29, 1.82) is 0 Å². The van der Waals surface area contributed by atoms with Crippen LogP contribution in [0.5, 0.6) is 0 Å². The molecule has 0 radical (unpaired) electrons. The van der Waals surface area contributed by atoms with Crippen LogP contribution in [0.4, 0.5) is 0 Å². The number of aliphatic hydroxyl groups excluding tert-OH is 1. The molecule has 4 heteroatoms. The Balaban J connectivity index is 2.80. The maximum absolute atomic E-state index is 10.5. The van der Waals surface area contributed by atoms with Crippen molar-refractivity contribution in [2.75, 3.05) is 0 Å². The maximum atomic E-state index is 10.5. The Morgan fingerprint density at radius 1 is 1.36 bits per heavy atom. The van der Waals surface area contributed by atoms with Crippen LogP contribution in [-0.2, 0) is 17.8 Å². The molecule has 0 aliphatic rings. The summed E-state index contributed by atoms with van der Waals surface area (Å²) < 4.78 is 0. The van der Waals surface area contributed by atoms with Gasteiger partial charge in [-0.3, -0.25) is 4.79 Å². The van der Waals surface area contributed by atoms with Crippen molar-refractivity contribution < 1.29 is 15.0 Å². The second-order valence-electron chi connectivity index (χ2n) is 3.08. The third kappa shape index (κ3) is 2.55. The molecule has 0 bridgehead atoms. The van der Waals surface area contributed by atoms with Gasteiger partial charge >= 0.3 is 5.97 Å². The van der Waals surface area contributed by atoms with Crippen LogP contribution in [0, 0.1) is 0 Å². The Kier molecular flexibility index (Phi) is 3.62. The molecule has 1 rings (SSSR count). The van der Waals surface area contributed by atoms with E-state index in [0.717, 1.165) is 11.1 Å². The largest absolute Gasteiger partial charge is 0.480 e. The van der Waals surface area contributed by atoms with E-state index in [2.05, 4.69) is 0 Å². The summed E-state index contributed by atoms with van der Waals surface area (Å²) in [5.74, 6) is -1.03. The Morgan fingerprint density at radius 3 is 2.43 bits per heavy atom. The smallest absolute Gasteiger partial charge is 0.320 e. The molecule has 0 aliphatic carbocycles. The summed E-state index contributed by atoms with van der Waals surface area (Å²) in [7, 11) is 0. The van der Waals surface area contributed by atoms with Crippen molar-refractivity contribution in [1.82, 2.24) is 0 Å². The number of aliphatic hydroxyl groups is 1. The van der Waals surface area contributed by atoms with E-state index in [9.17, 15) is 4.79 Å². The molecule has 1 aromatic rings. The molecule has 0 heterocycles. The van der Waals surface area contributed by atoms with Gasteiger partial charge in [0.2, 0.25) is 0 Å². The van der Waals surface area contributed by atoms with Gasteiger partial charge in [0.25, 0.3) is 0 Å². The Labute approximate surface area is 82.0 Å². The summed E-state index contributed by atoms with van der Waals surface area (Å²) in [6.07, 6.45) is 0.242. The van der Waals surface area contributed by atoms with Gasteiger partial charge in [0.1, 0.15) is 6.04 Å². The summed E-state index contributed by atoms with van der Waals surface area (Å²) in [5.41, 5.74) is 6.90. The SMILES string of the molecule is N[C@@H](Cc1ccccc1CO)C(=O)O. The van der Waals surface area contributed by atoms with Crippen molar-refractivity contribution in [3.8, 4) is 0 Å². The number of carboxylic acid groups (broad SMARTS) is 1. The molecule has 4 nitrogen and oxygen atoms in total. The van der Waals surface area contributed by atoms with Crippen molar-refractivity contribution in [2.24, 2.45) is 5.73 Å². The fourth-order valence-electron chi connectivity index (χ4n) is 1.24. The summed E-state index contributed by atoms with van der Waals surface area (Å²) in [4.78, 5) is 10.5. The Hall–Kier alpha value is -1.39. The Bertz CT molecular complexity index is 325. The highest BCUT2D eigenvalue weighted by Crippen LogP contribution is 2.10. The van der Waals surface area contributed by atoms with E-state index in [0.29, 0.717) is 0 Å². The number of benzene rings is 1. The van der Waals surface area contributed by atoms with Gasteiger partial charge in [0, 0.05) is 0 Å². The molecule has 0 aromatic heterocycles. The average molecular weight is 195 g/mol. The normalized spacial score (nSPS) is 12.4. The third-order valence-electron chi connectivity index (χ3n) is 2.05. The molecule has 76 valence electrons. The van der Waals surface area contributed by atoms with Crippen molar-refractivity contribution in [2.45, 2.75) is 19.1 Å². The first kappa shape index (κ1) is 10.7. The molecule has 1 aromatic carbocycles. The summed E-state index contributed by atoms with van der Waals surface area (Å²) in [6, 6.07) is 6.20. The second kappa shape index (κ2) is 4.74. The highest BCUT2D eigenvalue weighted by atomic mass is 16.4. The van der Waals surface area contributed by atoms with E-state index in [-0.39, 0.29) is 13.0 Å². The van der Waals surface area contributed by atoms with Crippen molar-refractivity contribution in [3.63, 3.8) is 0 Å². The van der Waals surface area contributed by atoms with Gasteiger partial charge in [-0.25, -0.2) is 0 Å². The number of carboxylic acids is 1. The van der Waals surface area contributed by atoms with Gasteiger partial charge in [-0.05, 0) is 17.5 Å². The van der Waals surface area contributed by atoms with Crippen LogP contribution in [-0.4, -0.2) is 22.2 Å². The fourth-order valence-corrected chi connectivity index (χ4v) is 1.24. The number of hydrogen-bond acceptors (Lipinski definition) is 3. The quantitative estimate of drug-likeness (QED) is 0.637. The van der Waals surface area contributed by atoms with E-state index in [1.54, 1.807) is 24.3 Å². The first-order chi connectivity index (χ1) is 6.65. The van der Waals surface area contributed by atoms with Gasteiger partial charge in [-0.15, -0.1) is 0 Å². The molecule has 0 saturated carbocycles. The van der Waals surface area contributed by atoms with Crippen LogP contribution in [0.2, 0.25) is 0 Å². The lowest BCUT2D eigenvalue weighted by molar-refractivity contribution is -0.138. The van der Waals surface area contributed by atoms with E-state index in [1.807, 2.05) is 0 Å². The Morgan fingerprint density at radius 2 is 1.93 bits per heavy atom. The van der Waals surface area contributed by atoms with Crippen molar-refractivity contribution >= 4 is 5.97 Å². The molecule has 0 fully saturated rings. The van der Waals surface area contributed by atoms with Crippen LogP contribution in [0.25, 0.3) is 0 Å². The molecule has 4 N–H and O–H groups in total. The average Bonchev–Trinajstić information content (AvgIpc) is 2.18. The summed E-state index contributed by atoms with van der Waals surface area (Å²) in [5, 5.41) is 17.6. The minimum atomic E-state index is -1.03. The molecule has 14 heavy (non-hydrogen) atoms. The molecular weight excluding hydrogens is 182 g/mol. The molecule has 0 aliphatic heterocycles. The highest BCUT2D eigenvalue weighted by molar-refractivity contribution is 5.73. The van der Waals surface area contributed by atoms with Crippen LogP contribution in [0.3, 0.4) is 0 Å². The standard InChI is InChI=1S/C10H13NO3/c11-9(10(13)14)5-7-3-1-2-4-8(7)6-12/h1-4,9,12H,5-6,11H2,(H,13,14)/t9-/m0/s1. The molecular formula is C10H13NO3. The van der Waals surface area contributed by atoms with Gasteiger partial charge in [-0.1, -0.05) is 24.3 Å². The zero-order valence-corrected chi connectivity index (χ0v) is 7.68. The molecule has 1 atom stereocenters. The second-order valence-corrected chi connectivity index (χ2v) is 3.08. The number of rotatable bonds is 4. The maximum Gasteiger partial charge on any atom is 0.320 e. The third-order valence-corrected chi connectivity index (χ3v) is 2.05. The van der Waals surface area contributed by atoms with Crippen LogP contribution >= 0.6 is 0 Å². The van der Waals surface area contributed by atoms with E-state index in [1.165, 1.54) is 0 Å². The number of carbonyl (C=O) groups is 1. The summed E-state index contributed by atoms with van der Waals surface area (Å²) >= 11 is 0. The van der Waals surface area contributed by atoms with E-state index < -0.39 is 12.0 Å². The monoisotopic (exact) mass is 195 g/mol. The van der Waals surface area contributed by atoms with E-state index in [4.69, 9.17) is 15.9 Å². The topological polar surface area (TPSA) is 83.5 Å². The summed E-state index contributed by atoms with van der Waals surface area (Å²) in [6.45, 7) is -0.0947. The number of aliphatic carboxylic acids is 1. The lowest BCUT2D eigenvalue weighted by atomic mass is 10.0. The number of nitrogens with two attached hydrogens (primary N) is 1. The lowest BCUT2D eigenvalue weighted by Crippen LogP contribution is -2.32. The highest BCUT2D eigenvalue weighted by Gasteiger charge is 2.13. The van der Waals surface area contributed by atoms with E-state index >= 15 is 0 Å². The first-order valence-corrected chi connectivity index (χ1v) is 4.31. The molecule has 0 amide bonds. The van der Waals surface area contributed by atoms with Crippen molar-refractivity contribution in [3.05, 3.63) is 35.4 Å². The van der Waals surface area contributed by atoms with Gasteiger partial charge in [0.05, 0.1) is 6.61 Å². The molecule has 0 unspecified atom stereocenters. The number of hydrogen-bond donors (Lipinski definition) is 3. The van der Waals surface area contributed by atoms with Gasteiger partial charge < -0.3 is 15.9 Å². The fraction of sp³-hybridized carbons (Fsp3) is 0.300. The zero-order valence-electron chi connectivity index (χ0n) is 7.68. The van der Waals surface area contributed by atoms with Crippen LogP contribution in [0.1, 0.15) is 11.1 Å². The first-order valence-electron chi connectivity index (χ1n) is 4.31. The molecule has 0 saturated heterocycles. The predicted molar refractivity (Wildman–Crippen MR) is 51.7 cm³/mol. The van der Waals surface area contributed by atoms with Gasteiger partial charge in [0.15, 0.2) is 0 Å². The lowest BCUT2D eigenvalue weighted by Gasteiger charge is -2.09. The van der Waals surface area contributed by atoms with Gasteiger partial charge in [-0.2, -0.15) is 0 Å². The zero-order chi connectivity index (χ0) is 10.6. The molecule has 0 spiro atoms.